The van der Waals surface area contributed by atoms with Gasteiger partial charge in [-0.2, -0.15) is 5.26 Å². The maximum absolute atomic E-state index is 11.9. The largest absolute Gasteiger partial charge is 0.493 e. The van der Waals surface area contributed by atoms with Crippen molar-refractivity contribution in [2.24, 2.45) is 5.92 Å². The van der Waals surface area contributed by atoms with Crippen LogP contribution in [0.25, 0.3) is 0 Å². The van der Waals surface area contributed by atoms with Crippen LogP contribution in [0.3, 0.4) is 0 Å². The molecule has 1 aromatic carbocycles. The highest BCUT2D eigenvalue weighted by Gasteiger charge is 2.18. The predicted molar refractivity (Wildman–Crippen MR) is 59.4 cm³/mol. The van der Waals surface area contributed by atoms with E-state index in [0.717, 1.165) is 17.7 Å². The van der Waals surface area contributed by atoms with Gasteiger partial charge in [0.25, 0.3) is 0 Å². The molecule has 0 N–H and O–H groups in total. The number of carbonyl (C=O) groups excluding carboxylic acids is 1. The van der Waals surface area contributed by atoms with Crippen molar-refractivity contribution in [3.63, 3.8) is 0 Å². The lowest BCUT2D eigenvalue weighted by Gasteiger charge is -2.07. The second-order valence-electron chi connectivity index (χ2n) is 4.05. The molecule has 1 aliphatic rings. The number of hydrogen-bond acceptors (Lipinski definition) is 3. The molecule has 3 heteroatoms. The molecular formula is C13H13NO2. The zero-order chi connectivity index (χ0) is 11.5. The summed E-state index contributed by atoms with van der Waals surface area (Å²) in [6, 6.07) is 7.53. The normalized spacial score (nSPS) is 14.8. The van der Waals surface area contributed by atoms with Crippen LogP contribution >= 0.6 is 0 Å². The van der Waals surface area contributed by atoms with E-state index in [1.165, 1.54) is 0 Å². The SMILES string of the molecule is CC(CC#N)C(=O)c1ccc2c(c1)CCO2. The number of nitriles is 1. The first-order valence-electron chi connectivity index (χ1n) is 5.39. The van der Waals surface area contributed by atoms with Gasteiger partial charge >= 0.3 is 0 Å². The van der Waals surface area contributed by atoms with E-state index in [0.29, 0.717) is 12.2 Å². The summed E-state index contributed by atoms with van der Waals surface area (Å²) >= 11 is 0. The smallest absolute Gasteiger partial charge is 0.166 e. The van der Waals surface area contributed by atoms with Crippen molar-refractivity contribution in [1.29, 1.82) is 5.26 Å². The van der Waals surface area contributed by atoms with E-state index in [9.17, 15) is 4.79 Å². The molecule has 1 atom stereocenters. The lowest BCUT2D eigenvalue weighted by Crippen LogP contribution is -2.10. The predicted octanol–water partition coefficient (Wildman–Crippen LogP) is 2.35. The summed E-state index contributed by atoms with van der Waals surface area (Å²) in [6.07, 6.45) is 1.13. The monoisotopic (exact) mass is 215 g/mol. The fourth-order valence-corrected chi connectivity index (χ4v) is 1.85. The Morgan fingerprint density at radius 3 is 3.19 bits per heavy atom. The molecule has 1 aromatic rings. The number of ketones is 1. The highest BCUT2D eigenvalue weighted by Crippen LogP contribution is 2.27. The number of Topliss-reactive ketones (excluding diaryl/α,β-unsaturated/α-hetero) is 1. The molecule has 1 unspecified atom stereocenters. The van der Waals surface area contributed by atoms with Crippen LogP contribution in [0.5, 0.6) is 5.75 Å². The number of fused-ring (bicyclic) bond motifs is 1. The van der Waals surface area contributed by atoms with Crippen molar-refractivity contribution in [2.45, 2.75) is 19.8 Å². The third-order valence-corrected chi connectivity index (χ3v) is 2.82. The van der Waals surface area contributed by atoms with E-state index in [1.807, 2.05) is 18.2 Å². The Balaban J connectivity index is 2.22. The third-order valence-electron chi connectivity index (χ3n) is 2.82. The molecule has 1 heterocycles. The van der Waals surface area contributed by atoms with Gasteiger partial charge in [-0.1, -0.05) is 6.92 Å². The molecule has 0 aromatic heterocycles. The first-order valence-corrected chi connectivity index (χ1v) is 5.39. The van der Waals surface area contributed by atoms with Crippen molar-refractivity contribution >= 4 is 5.78 Å². The molecule has 0 spiro atoms. The maximum atomic E-state index is 11.9. The van der Waals surface area contributed by atoms with Gasteiger partial charge in [-0.3, -0.25) is 4.79 Å². The van der Waals surface area contributed by atoms with Crippen LogP contribution in [-0.2, 0) is 6.42 Å². The number of nitrogens with zero attached hydrogens (tertiary/aromatic N) is 1. The summed E-state index contributed by atoms with van der Waals surface area (Å²) in [5, 5.41) is 8.57. The molecule has 0 radical (unpaired) electrons. The van der Waals surface area contributed by atoms with E-state index in [1.54, 1.807) is 13.0 Å². The van der Waals surface area contributed by atoms with E-state index in [2.05, 4.69) is 0 Å². The summed E-state index contributed by atoms with van der Waals surface area (Å²) in [5.41, 5.74) is 1.78. The number of benzene rings is 1. The molecule has 16 heavy (non-hydrogen) atoms. The average molecular weight is 215 g/mol. The molecule has 0 fully saturated rings. The first-order chi connectivity index (χ1) is 7.72. The third kappa shape index (κ3) is 1.92. The Kier molecular flexibility index (Phi) is 2.91. The molecule has 0 aliphatic carbocycles. The van der Waals surface area contributed by atoms with Crippen LogP contribution < -0.4 is 4.74 Å². The van der Waals surface area contributed by atoms with Crippen LogP contribution in [0.4, 0.5) is 0 Å². The zero-order valence-corrected chi connectivity index (χ0v) is 9.19. The minimum absolute atomic E-state index is 0.0382. The van der Waals surface area contributed by atoms with Gasteiger partial charge in [0.15, 0.2) is 5.78 Å². The summed E-state index contributed by atoms with van der Waals surface area (Å²) in [4.78, 5) is 11.9. The van der Waals surface area contributed by atoms with Gasteiger partial charge in [-0.15, -0.1) is 0 Å². The molecule has 0 amide bonds. The quantitative estimate of drug-likeness (QED) is 0.727. The van der Waals surface area contributed by atoms with Crippen LogP contribution in [-0.4, -0.2) is 12.4 Å². The molecule has 2 rings (SSSR count). The first kappa shape index (κ1) is 10.7. The summed E-state index contributed by atoms with van der Waals surface area (Å²) in [7, 11) is 0. The summed E-state index contributed by atoms with van der Waals surface area (Å²) < 4.78 is 5.38. The van der Waals surface area contributed by atoms with Crippen LogP contribution in [0.2, 0.25) is 0 Å². The number of carbonyl (C=O) groups is 1. The maximum Gasteiger partial charge on any atom is 0.166 e. The second-order valence-corrected chi connectivity index (χ2v) is 4.05. The molecule has 1 aliphatic heterocycles. The van der Waals surface area contributed by atoms with Gasteiger partial charge in [-0.25, -0.2) is 0 Å². The Morgan fingerprint density at radius 1 is 1.62 bits per heavy atom. The van der Waals surface area contributed by atoms with Crippen molar-refractivity contribution in [3.8, 4) is 11.8 Å². The second kappa shape index (κ2) is 4.36. The topological polar surface area (TPSA) is 50.1 Å². The van der Waals surface area contributed by atoms with Crippen molar-refractivity contribution in [3.05, 3.63) is 29.3 Å². The summed E-state index contributed by atoms with van der Waals surface area (Å²) in [5.74, 6) is 0.686. The van der Waals surface area contributed by atoms with E-state index >= 15 is 0 Å². The molecule has 0 saturated heterocycles. The van der Waals surface area contributed by atoms with Gasteiger partial charge in [0, 0.05) is 24.3 Å². The number of hydrogen-bond donors (Lipinski definition) is 0. The standard InChI is InChI=1S/C13H13NO2/c1-9(4-6-14)13(15)11-2-3-12-10(8-11)5-7-16-12/h2-3,8-9H,4-5,7H2,1H3. The minimum atomic E-state index is -0.231. The van der Waals surface area contributed by atoms with Crippen molar-refractivity contribution < 1.29 is 9.53 Å². The van der Waals surface area contributed by atoms with E-state index in [4.69, 9.17) is 10.00 Å². The number of ether oxygens (including phenoxy) is 1. The number of rotatable bonds is 3. The van der Waals surface area contributed by atoms with Gasteiger partial charge in [0.05, 0.1) is 12.7 Å². The Hall–Kier alpha value is -1.82. The van der Waals surface area contributed by atoms with E-state index in [-0.39, 0.29) is 18.1 Å². The van der Waals surface area contributed by atoms with Gasteiger partial charge in [0.1, 0.15) is 5.75 Å². The molecule has 3 nitrogen and oxygen atoms in total. The lowest BCUT2D eigenvalue weighted by atomic mass is 9.95. The van der Waals surface area contributed by atoms with Crippen molar-refractivity contribution in [2.75, 3.05) is 6.61 Å². The fraction of sp³-hybridized carbons (Fsp3) is 0.385. The molecule has 82 valence electrons. The minimum Gasteiger partial charge on any atom is -0.493 e. The highest BCUT2D eigenvalue weighted by molar-refractivity contribution is 5.98. The summed E-state index contributed by atoms with van der Waals surface area (Å²) in [6.45, 7) is 2.48. The van der Waals surface area contributed by atoms with Gasteiger partial charge in [0.2, 0.25) is 0 Å². The average Bonchev–Trinajstić information content (AvgIpc) is 2.75. The highest BCUT2D eigenvalue weighted by atomic mass is 16.5. The van der Waals surface area contributed by atoms with Crippen LogP contribution in [0, 0.1) is 17.2 Å². The van der Waals surface area contributed by atoms with E-state index < -0.39 is 0 Å². The van der Waals surface area contributed by atoms with Crippen LogP contribution in [0.15, 0.2) is 18.2 Å². The van der Waals surface area contributed by atoms with Crippen LogP contribution in [0.1, 0.15) is 29.3 Å². The van der Waals surface area contributed by atoms with Crippen molar-refractivity contribution in [1.82, 2.24) is 0 Å². The molecular weight excluding hydrogens is 202 g/mol. The molecule has 0 saturated carbocycles. The Morgan fingerprint density at radius 2 is 2.44 bits per heavy atom. The van der Waals surface area contributed by atoms with Gasteiger partial charge < -0.3 is 4.74 Å². The Labute approximate surface area is 94.6 Å². The lowest BCUT2D eigenvalue weighted by molar-refractivity contribution is 0.0932. The Bertz CT molecular complexity index is 459. The zero-order valence-electron chi connectivity index (χ0n) is 9.19. The molecule has 0 bridgehead atoms. The van der Waals surface area contributed by atoms with Gasteiger partial charge in [-0.05, 0) is 23.8 Å². The fourth-order valence-electron chi connectivity index (χ4n) is 1.85.